The molecule has 1 N–H and O–H groups in total. The topological polar surface area (TPSA) is 55.4 Å². The van der Waals surface area contributed by atoms with E-state index in [1.54, 1.807) is 20.8 Å². The minimum atomic E-state index is -0.566. The van der Waals surface area contributed by atoms with Crippen molar-refractivity contribution in [3.05, 3.63) is 12.2 Å². The van der Waals surface area contributed by atoms with Crippen LogP contribution in [0.3, 0.4) is 0 Å². The van der Waals surface area contributed by atoms with Crippen molar-refractivity contribution in [2.45, 2.75) is 45.8 Å². The van der Waals surface area contributed by atoms with Crippen molar-refractivity contribution in [3.63, 3.8) is 0 Å². The number of hydrogen-bond acceptors (Lipinski definition) is 3. The summed E-state index contributed by atoms with van der Waals surface area (Å²) in [6.07, 6.45) is 4.26. The first-order valence-corrected chi connectivity index (χ1v) is 4.95. The first-order chi connectivity index (χ1) is 6.89. The van der Waals surface area contributed by atoms with E-state index in [1.165, 1.54) is 0 Å². The third-order valence-electron chi connectivity index (χ3n) is 1.49. The van der Waals surface area contributed by atoms with Crippen LogP contribution in [-0.2, 0) is 9.53 Å². The van der Waals surface area contributed by atoms with E-state index in [0.717, 1.165) is 0 Å². The first kappa shape index (κ1) is 13.7. The number of hydrogen-bond donors (Lipinski definition) is 1. The Kier molecular flexibility index (Phi) is 5.67. The molecule has 0 unspecified atom stereocenters. The summed E-state index contributed by atoms with van der Waals surface area (Å²) in [5.74, 6) is 0. The van der Waals surface area contributed by atoms with Crippen LogP contribution in [0.25, 0.3) is 0 Å². The van der Waals surface area contributed by atoms with E-state index in [2.05, 4.69) is 5.32 Å². The highest BCUT2D eigenvalue weighted by atomic mass is 16.6. The molecule has 1 atom stereocenters. The summed E-state index contributed by atoms with van der Waals surface area (Å²) >= 11 is 0. The molecule has 15 heavy (non-hydrogen) atoms. The predicted molar refractivity (Wildman–Crippen MR) is 58.7 cm³/mol. The maximum absolute atomic E-state index is 11.3. The fraction of sp³-hybridized carbons (Fsp3) is 0.636. The van der Waals surface area contributed by atoms with Gasteiger partial charge in [-0.2, -0.15) is 0 Å². The van der Waals surface area contributed by atoms with Crippen LogP contribution < -0.4 is 5.32 Å². The van der Waals surface area contributed by atoms with E-state index in [9.17, 15) is 9.59 Å². The molecule has 0 spiro atoms. The molecular formula is C11H19NO3. The maximum Gasteiger partial charge on any atom is 0.408 e. The highest BCUT2D eigenvalue weighted by Gasteiger charge is 2.18. The summed E-state index contributed by atoms with van der Waals surface area (Å²) in [6.45, 7) is 7.17. The Labute approximate surface area is 90.7 Å². The molecule has 4 heteroatoms. The summed E-state index contributed by atoms with van der Waals surface area (Å²) in [5, 5.41) is 2.48. The van der Waals surface area contributed by atoms with Crippen LogP contribution >= 0.6 is 0 Å². The average molecular weight is 213 g/mol. The lowest BCUT2D eigenvalue weighted by Gasteiger charge is -2.21. The van der Waals surface area contributed by atoms with Crippen molar-refractivity contribution in [1.29, 1.82) is 0 Å². The van der Waals surface area contributed by atoms with Crippen LogP contribution in [-0.4, -0.2) is 24.0 Å². The number of carbonyl (C=O) groups excluding carboxylic acids is 2. The van der Waals surface area contributed by atoms with Crippen molar-refractivity contribution in [2.75, 3.05) is 0 Å². The van der Waals surface area contributed by atoms with Gasteiger partial charge in [0.1, 0.15) is 11.9 Å². The van der Waals surface area contributed by atoms with Crippen LogP contribution in [0.2, 0.25) is 0 Å². The van der Waals surface area contributed by atoms with Gasteiger partial charge in [0.25, 0.3) is 0 Å². The Morgan fingerprint density at radius 3 is 2.47 bits per heavy atom. The second kappa shape index (κ2) is 6.22. The minimum absolute atomic E-state index is 0.485. The molecule has 4 nitrogen and oxygen atoms in total. The fourth-order valence-electron chi connectivity index (χ4n) is 0.890. The Balaban J connectivity index is 4.07. The Morgan fingerprint density at radius 2 is 2.07 bits per heavy atom. The molecule has 0 aromatic heterocycles. The monoisotopic (exact) mass is 213 g/mol. The minimum Gasteiger partial charge on any atom is -0.444 e. The van der Waals surface area contributed by atoms with Gasteiger partial charge in [0.15, 0.2) is 0 Å². The SMILES string of the molecule is C/C=C/C[C@@H](C=O)NC(=O)OC(C)(C)C. The summed E-state index contributed by atoms with van der Waals surface area (Å²) < 4.78 is 5.02. The van der Waals surface area contributed by atoms with Gasteiger partial charge in [-0.05, 0) is 34.1 Å². The number of allylic oxidation sites excluding steroid dienone is 1. The molecule has 0 aliphatic rings. The second-order valence-electron chi connectivity index (χ2n) is 4.19. The molecule has 0 fully saturated rings. The van der Waals surface area contributed by atoms with Gasteiger partial charge in [-0.25, -0.2) is 4.79 Å². The van der Waals surface area contributed by atoms with Crippen LogP contribution in [0.5, 0.6) is 0 Å². The smallest absolute Gasteiger partial charge is 0.408 e. The molecule has 86 valence electrons. The van der Waals surface area contributed by atoms with Crippen molar-refractivity contribution in [3.8, 4) is 0 Å². The average Bonchev–Trinajstić information content (AvgIpc) is 2.09. The predicted octanol–water partition coefficient (Wildman–Crippen LogP) is 2.04. The van der Waals surface area contributed by atoms with Crippen LogP contribution in [0.4, 0.5) is 4.79 Å². The number of carbonyl (C=O) groups is 2. The van der Waals surface area contributed by atoms with Gasteiger partial charge >= 0.3 is 6.09 Å². The molecule has 0 rings (SSSR count). The molecule has 0 radical (unpaired) electrons. The van der Waals surface area contributed by atoms with Crippen molar-refractivity contribution in [1.82, 2.24) is 5.32 Å². The molecule has 0 aliphatic heterocycles. The van der Waals surface area contributed by atoms with Crippen molar-refractivity contribution in [2.24, 2.45) is 0 Å². The van der Waals surface area contributed by atoms with Crippen molar-refractivity contribution < 1.29 is 14.3 Å². The number of rotatable bonds is 4. The molecule has 0 bridgehead atoms. The molecule has 1 amide bonds. The Morgan fingerprint density at radius 1 is 1.47 bits per heavy atom. The third kappa shape index (κ3) is 7.73. The molecule has 0 saturated heterocycles. The van der Waals surface area contributed by atoms with Gasteiger partial charge in [0.05, 0.1) is 6.04 Å². The van der Waals surface area contributed by atoms with Gasteiger partial charge in [-0.3, -0.25) is 0 Å². The number of nitrogens with one attached hydrogen (secondary N) is 1. The van der Waals surface area contributed by atoms with Gasteiger partial charge in [0.2, 0.25) is 0 Å². The summed E-state index contributed by atoms with van der Waals surface area (Å²) in [5.41, 5.74) is -0.544. The lowest BCUT2D eigenvalue weighted by Crippen LogP contribution is -2.39. The summed E-state index contributed by atoms with van der Waals surface area (Å²) in [7, 11) is 0. The lowest BCUT2D eigenvalue weighted by atomic mass is 10.2. The molecule has 0 saturated carbocycles. The highest BCUT2D eigenvalue weighted by molar-refractivity contribution is 5.73. The van der Waals surface area contributed by atoms with Crippen LogP contribution in [0, 0.1) is 0 Å². The van der Waals surface area contributed by atoms with E-state index in [-0.39, 0.29) is 0 Å². The zero-order valence-corrected chi connectivity index (χ0v) is 9.74. The molecule has 0 heterocycles. The molecular weight excluding hydrogens is 194 g/mol. The highest BCUT2D eigenvalue weighted by Crippen LogP contribution is 2.06. The number of aldehydes is 1. The van der Waals surface area contributed by atoms with Gasteiger partial charge in [0, 0.05) is 0 Å². The first-order valence-electron chi connectivity index (χ1n) is 4.95. The number of ether oxygens (including phenoxy) is 1. The summed E-state index contributed by atoms with van der Waals surface area (Å²) in [4.78, 5) is 21.9. The Bertz CT molecular complexity index is 241. The standard InChI is InChI=1S/C11H19NO3/c1-5-6-7-9(8-13)12-10(14)15-11(2,3)4/h5-6,8-9H,7H2,1-4H3,(H,12,14)/b6-5+/t9-/m0/s1. The number of alkyl carbamates (subject to hydrolysis) is 1. The maximum atomic E-state index is 11.3. The lowest BCUT2D eigenvalue weighted by molar-refractivity contribution is -0.109. The number of amides is 1. The fourth-order valence-corrected chi connectivity index (χ4v) is 0.890. The van der Waals surface area contributed by atoms with E-state index in [4.69, 9.17) is 4.74 Å². The summed E-state index contributed by atoms with van der Waals surface area (Å²) in [6, 6.07) is -0.518. The quantitative estimate of drug-likeness (QED) is 0.574. The van der Waals surface area contributed by atoms with E-state index in [0.29, 0.717) is 12.7 Å². The van der Waals surface area contributed by atoms with Gasteiger partial charge < -0.3 is 14.8 Å². The van der Waals surface area contributed by atoms with Gasteiger partial charge in [-0.1, -0.05) is 12.2 Å². The van der Waals surface area contributed by atoms with E-state index < -0.39 is 17.7 Å². The zero-order chi connectivity index (χ0) is 11.9. The second-order valence-corrected chi connectivity index (χ2v) is 4.19. The largest absolute Gasteiger partial charge is 0.444 e. The van der Waals surface area contributed by atoms with Crippen LogP contribution in [0.15, 0.2) is 12.2 Å². The van der Waals surface area contributed by atoms with E-state index >= 15 is 0 Å². The molecule has 0 aromatic rings. The third-order valence-corrected chi connectivity index (χ3v) is 1.49. The van der Waals surface area contributed by atoms with Crippen LogP contribution in [0.1, 0.15) is 34.1 Å². The normalized spacial score (nSPS) is 13.6. The molecule has 0 aliphatic carbocycles. The molecule has 0 aromatic carbocycles. The van der Waals surface area contributed by atoms with Gasteiger partial charge in [-0.15, -0.1) is 0 Å². The Hall–Kier alpha value is -1.32. The van der Waals surface area contributed by atoms with Crippen molar-refractivity contribution >= 4 is 12.4 Å². The van der Waals surface area contributed by atoms with E-state index in [1.807, 2.05) is 19.1 Å². The zero-order valence-electron chi connectivity index (χ0n) is 9.74.